The molecule has 1 amide bonds. The van der Waals surface area contributed by atoms with Gasteiger partial charge in [-0.1, -0.05) is 24.3 Å². The lowest BCUT2D eigenvalue weighted by Crippen LogP contribution is -2.16. The summed E-state index contributed by atoms with van der Waals surface area (Å²) in [6.45, 7) is 5.67. The van der Waals surface area contributed by atoms with E-state index in [2.05, 4.69) is 5.32 Å². The summed E-state index contributed by atoms with van der Waals surface area (Å²) in [4.78, 5) is 22.4. The zero-order chi connectivity index (χ0) is 21.8. The molecule has 0 aromatic heterocycles. The predicted molar refractivity (Wildman–Crippen MR) is 115 cm³/mol. The van der Waals surface area contributed by atoms with Gasteiger partial charge in [0.15, 0.2) is 0 Å². The third-order valence-corrected chi connectivity index (χ3v) is 4.68. The Morgan fingerprint density at radius 2 is 1.57 bits per heavy atom. The van der Waals surface area contributed by atoms with E-state index in [4.69, 9.17) is 9.84 Å². The number of carbonyl (C=O) groups excluding carboxylic acids is 1. The van der Waals surface area contributed by atoms with E-state index in [1.807, 2.05) is 45.0 Å². The highest BCUT2D eigenvalue weighted by Crippen LogP contribution is 2.37. The summed E-state index contributed by atoms with van der Waals surface area (Å²) >= 11 is 0. The van der Waals surface area contributed by atoms with Crippen LogP contribution in [0.15, 0.2) is 54.6 Å². The molecule has 3 rings (SSSR count). The molecule has 0 bridgehead atoms. The smallest absolute Gasteiger partial charge is 0.312 e. The zero-order valence-electron chi connectivity index (χ0n) is 17.0. The van der Waals surface area contributed by atoms with Crippen molar-refractivity contribution in [1.29, 1.82) is 0 Å². The van der Waals surface area contributed by atoms with Crippen LogP contribution >= 0.6 is 0 Å². The Kier molecular flexibility index (Phi) is 6.06. The molecule has 0 unspecified atom stereocenters. The molecule has 6 heteroatoms. The molecule has 0 radical (unpaired) electrons. The first-order valence-corrected chi connectivity index (χ1v) is 9.44. The number of amides is 1. The van der Waals surface area contributed by atoms with E-state index in [0.717, 1.165) is 22.3 Å². The molecule has 0 aliphatic carbocycles. The van der Waals surface area contributed by atoms with Crippen LogP contribution in [0.4, 0.5) is 5.69 Å². The Balaban J connectivity index is 1.88. The Morgan fingerprint density at radius 1 is 0.900 bits per heavy atom. The van der Waals surface area contributed by atoms with Gasteiger partial charge in [-0.05, 0) is 73.4 Å². The molecule has 3 N–H and O–H groups in total. The monoisotopic (exact) mass is 405 g/mol. The SMILES string of the molecule is Cc1ccccc1-c1cc(Oc2c(C)cc(NC(=O)CC(=O)O)cc2C)ccc1O. The molecule has 0 atom stereocenters. The van der Waals surface area contributed by atoms with E-state index in [0.29, 0.717) is 22.7 Å². The molecular formula is C24H23NO5. The van der Waals surface area contributed by atoms with E-state index >= 15 is 0 Å². The quantitative estimate of drug-likeness (QED) is 0.491. The number of rotatable bonds is 6. The first kappa shape index (κ1) is 20.9. The third-order valence-electron chi connectivity index (χ3n) is 4.68. The average Bonchev–Trinajstić information content (AvgIpc) is 2.66. The van der Waals surface area contributed by atoms with Crippen molar-refractivity contribution in [1.82, 2.24) is 0 Å². The number of carbonyl (C=O) groups is 2. The van der Waals surface area contributed by atoms with Gasteiger partial charge in [-0.3, -0.25) is 9.59 Å². The number of aliphatic carboxylic acids is 1. The third kappa shape index (κ3) is 4.78. The minimum Gasteiger partial charge on any atom is -0.507 e. The number of aryl methyl sites for hydroxylation is 3. The van der Waals surface area contributed by atoms with Crippen LogP contribution < -0.4 is 10.1 Å². The number of hydrogen-bond acceptors (Lipinski definition) is 4. The first-order valence-electron chi connectivity index (χ1n) is 9.44. The van der Waals surface area contributed by atoms with Crippen molar-refractivity contribution in [2.45, 2.75) is 27.2 Å². The number of phenols is 1. The molecule has 30 heavy (non-hydrogen) atoms. The van der Waals surface area contributed by atoms with Crippen LogP contribution in [0.1, 0.15) is 23.1 Å². The Bertz CT molecular complexity index is 1100. The maximum atomic E-state index is 11.7. The van der Waals surface area contributed by atoms with Crippen LogP contribution in [-0.2, 0) is 9.59 Å². The lowest BCUT2D eigenvalue weighted by Gasteiger charge is -2.16. The van der Waals surface area contributed by atoms with Gasteiger partial charge in [0.1, 0.15) is 23.7 Å². The lowest BCUT2D eigenvalue weighted by molar-refractivity contribution is -0.139. The number of hydrogen-bond donors (Lipinski definition) is 3. The molecule has 0 heterocycles. The molecule has 6 nitrogen and oxygen atoms in total. The summed E-state index contributed by atoms with van der Waals surface area (Å²) in [6, 6.07) is 16.3. The van der Waals surface area contributed by atoms with Gasteiger partial charge < -0.3 is 20.3 Å². The fraction of sp³-hybridized carbons (Fsp3) is 0.167. The van der Waals surface area contributed by atoms with Crippen molar-refractivity contribution in [2.24, 2.45) is 0 Å². The van der Waals surface area contributed by atoms with E-state index in [1.54, 1.807) is 30.3 Å². The molecule has 0 aliphatic heterocycles. The molecule has 0 aliphatic rings. The summed E-state index contributed by atoms with van der Waals surface area (Å²) in [5.74, 6) is -0.400. The van der Waals surface area contributed by atoms with Gasteiger partial charge in [-0.25, -0.2) is 0 Å². The Hall–Kier alpha value is -3.80. The number of anilines is 1. The van der Waals surface area contributed by atoms with Crippen LogP contribution in [0.3, 0.4) is 0 Å². The van der Waals surface area contributed by atoms with Crippen LogP contribution in [0, 0.1) is 20.8 Å². The number of ether oxygens (including phenoxy) is 1. The van der Waals surface area contributed by atoms with Crippen molar-refractivity contribution in [3.8, 4) is 28.4 Å². The van der Waals surface area contributed by atoms with Crippen LogP contribution in [0.5, 0.6) is 17.2 Å². The number of carboxylic acid groups (broad SMARTS) is 1. The minimum absolute atomic E-state index is 0.168. The van der Waals surface area contributed by atoms with Gasteiger partial charge in [-0.15, -0.1) is 0 Å². The van der Waals surface area contributed by atoms with Crippen LogP contribution in [0.2, 0.25) is 0 Å². The second-order valence-corrected chi connectivity index (χ2v) is 7.15. The van der Waals surface area contributed by atoms with E-state index in [-0.39, 0.29) is 5.75 Å². The highest BCUT2D eigenvalue weighted by atomic mass is 16.5. The Labute approximate surface area is 174 Å². The predicted octanol–water partition coefficient (Wildman–Crippen LogP) is 5.19. The molecule has 0 spiro atoms. The summed E-state index contributed by atoms with van der Waals surface area (Å²) in [5.41, 5.74) is 4.72. The van der Waals surface area contributed by atoms with Crippen molar-refractivity contribution in [3.63, 3.8) is 0 Å². The average molecular weight is 405 g/mol. The molecule has 0 saturated heterocycles. The second-order valence-electron chi connectivity index (χ2n) is 7.15. The number of benzene rings is 3. The summed E-state index contributed by atoms with van der Waals surface area (Å²) in [5, 5.41) is 21.6. The van der Waals surface area contributed by atoms with Gasteiger partial charge in [0.2, 0.25) is 5.91 Å². The maximum Gasteiger partial charge on any atom is 0.312 e. The highest BCUT2D eigenvalue weighted by molar-refractivity contribution is 6.01. The molecule has 0 fully saturated rings. The van der Waals surface area contributed by atoms with Crippen LogP contribution in [-0.4, -0.2) is 22.1 Å². The van der Waals surface area contributed by atoms with Crippen LogP contribution in [0.25, 0.3) is 11.1 Å². The molecule has 154 valence electrons. The normalized spacial score (nSPS) is 10.5. The van der Waals surface area contributed by atoms with E-state index < -0.39 is 18.3 Å². The molecule has 3 aromatic carbocycles. The second kappa shape index (κ2) is 8.69. The molecular weight excluding hydrogens is 382 g/mol. The number of aromatic hydroxyl groups is 1. The van der Waals surface area contributed by atoms with Crippen molar-refractivity contribution in [2.75, 3.05) is 5.32 Å². The fourth-order valence-corrected chi connectivity index (χ4v) is 3.31. The number of carboxylic acids is 1. The zero-order valence-corrected chi connectivity index (χ0v) is 17.0. The summed E-state index contributed by atoms with van der Waals surface area (Å²) in [7, 11) is 0. The van der Waals surface area contributed by atoms with Gasteiger partial charge in [0.05, 0.1) is 0 Å². The maximum absolute atomic E-state index is 11.7. The van der Waals surface area contributed by atoms with E-state index in [1.165, 1.54) is 0 Å². The largest absolute Gasteiger partial charge is 0.507 e. The van der Waals surface area contributed by atoms with Gasteiger partial charge in [-0.2, -0.15) is 0 Å². The van der Waals surface area contributed by atoms with Crippen molar-refractivity contribution in [3.05, 3.63) is 71.3 Å². The summed E-state index contributed by atoms with van der Waals surface area (Å²) < 4.78 is 6.10. The van der Waals surface area contributed by atoms with Gasteiger partial charge >= 0.3 is 5.97 Å². The fourth-order valence-electron chi connectivity index (χ4n) is 3.31. The Morgan fingerprint density at radius 3 is 2.20 bits per heavy atom. The van der Waals surface area contributed by atoms with Gasteiger partial charge in [0.25, 0.3) is 0 Å². The lowest BCUT2D eigenvalue weighted by atomic mass is 9.99. The molecule has 3 aromatic rings. The molecule has 0 saturated carbocycles. The first-order chi connectivity index (χ1) is 14.2. The number of nitrogens with one attached hydrogen (secondary N) is 1. The number of phenolic OH excluding ortho intramolecular Hbond substituents is 1. The summed E-state index contributed by atoms with van der Waals surface area (Å²) in [6.07, 6.45) is -0.592. The van der Waals surface area contributed by atoms with Crippen molar-refractivity contribution >= 4 is 17.6 Å². The van der Waals surface area contributed by atoms with Crippen molar-refractivity contribution < 1.29 is 24.5 Å². The minimum atomic E-state index is -1.18. The topological polar surface area (TPSA) is 95.9 Å². The van der Waals surface area contributed by atoms with E-state index in [9.17, 15) is 14.7 Å². The highest BCUT2D eigenvalue weighted by Gasteiger charge is 2.14. The van der Waals surface area contributed by atoms with Gasteiger partial charge in [0, 0.05) is 11.3 Å². The standard InChI is InChI=1S/C24H23NO5/c1-14-6-4-5-7-19(14)20-12-18(8-9-21(20)26)30-24-15(2)10-17(11-16(24)3)25-22(27)13-23(28)29/h4-12,26H,13H2,1-3H3,(H,25,27)(H,28,29).